The number of carbonyl (C=O) groups excluding carboxylic acids is 1. The van der Waals surface area contributed by atoms with Gasteiger partial charge in [-0.3, -0.25) is 14.4 Å². The summed E-state index contributed by atoms with van der Waals surface area (Å²) in [7, 11) is 3.57. The van der Waals surface area contributed by atoms with E-state index in [-0.39, 0.29) is 5.41 Å². The van der Waals surface area contributed by atoms with Crippen LogP contribution in [0.15, 0.2) is 0 Å². The molecular weight excluding hydrogens is 340 g/mol. The van der Waals surface area contributed by atoms with Crippen LogP contribution in [-0.2, 0) is 29.5 Å². The zero-order valence-electron chi connectivity index (χ0n) is 15.6. The lowest BCUT2D eigenvalue weighted by molar-refractivity contribution is -0.146. The predicted octanol–water partition coefficient (Wildman–Crippen LogP) is 2.10. The summed E-state index contributed by atoms with van der Waals surface area (Å²) in [5, 5.41) is 5.22. The summed E-state index contributed by atoms with van der Waals surface area (Å²) in [6.07, 6.45) is 3.89. The van der Waals surface area contributed by atoms with Gasteiger partial charge in [0.05, 0.1) is 17.7 Å². The number of hydrogen-bond acceptors (Lipinski definition) is 4. The minimum absolute atomic E-state index is 0.215. The van der Waals surface area contributed by atoms with Crippen molar-refractivity contribution >= 4 is 17.5 Å². The fourth-order valence-electron chi connectivity index (χ4n) is 4.30. The first kappa shape index (κ1) is 18.7. The Morgan fingerprint density at radius 1 is 1.32 bits per heavy atom. The molecule has 0 bridgehead atoms. The van der Waals surface area contributed by atoms with Crippen molar-refractivity contribution in [2.75, 3.05) is 39.9 Å². The van der Waals surface area contributed by atoms with Crippen LogP contribution < -0.4 is 0 Å². The van der Waals surface area contributed by atoms with E-state index in [0.717, 1.165) is 68.3 Å². The first-order valence-corrected chi connectivity index (χ1v) is 9.59. The lowest BCUT2D eigenvalue weighted by atomic mass is 9.78. The van der Waals surface area contributed by atoms with E-state index in [4.69, 9.17) is 16.3 Å². The molecule has 25 heavy (non-hydrogen) atoms. The Bertz CT molecular complexity index is 633. The lowest BCUT2D eigenvalue weighted by Gasteiger charge is -2.39. The highest BCUT2D eigenvalue weighted by Gasteiger charge is 2.48. The van der Waals surface area contributed by atoms with Crippen LogP contribution in [-0.4, -0.2) is 65.4 Å². The molecule has 7 heteroatoms. The largest absolute Gasteiger partial charge is 0.383 e. The molecule has 2 aliphatic rings. The zero-order valence-corrected chi connectivity index (χ0v) is 16.3. The van der Waals surface area contributed by atoms with Gasteiger partial charge in [-0.15, -0.1) is 0 Å². The van der Waals surface area contributed by atoms with Gasteiger partial charge in [0.15, 0.2) is 0 Å². The van der Waals surface area contributed by atoms with Gasteiger partial charge in [-0.05, 0) is 32.2 Å². The quantitative estimate of drug-likeness (QED) is 0.771. The molecule has 1 atom stereocenters. The van der Waals surface area contributed by atoms with Gasteiger partial charge in [-0.25, -0.2) is 0 Å². The number of nitrogens with zero attached hydrogens (tertiary/aromatic N) is 4. The smallest absolute Gasteiger partial charge is 0.230 e. The number of rotatable bonds is 6. The maximum absolute atomic E-state index is 13.0. The summed E-state index contributed by atoms with van der Waals surface area (Å²) >= 11 is 6.44. The Labute approximate surface area is 155 Å². The number of aromatic nitrogens is 2. The second-order valence-corrected chi connectivity index (χ2v) is 7.68. The van der Waals surface area contributed by atoms with Crippen LogP contribution in [0.3, 0.4) is 0 Å². The Balaban J connectivity index is 1.70. The number of aryl methyl sites for hydroxylation is 2. The number of ether oxygens (including phenoxy) is 1. The standard InChI is InChI=1S/C18H29ClN4O2/c1-4-15-14(16(19)21(2)20-15)12-22-9-7-18(13-22)6-5-8-23(17(18)24)10-11-25-3/h4-13H2,1-3H3/t18-/m0/s1. The molecule has 140 valence electrons. The van der Waals surface area contributed by atoms with Gasteiger partial charge in [0.1, 0.15) is 5.15 Å². The first-order valence-electron chi connectivity index (χ1n) is 9.21. The third kappa shape index (κ3) is 3.57. The van der Waals surface area contributed by atoms with Crippen LogP contribution >= 0.6 is 11.6 Å². The summed E-state index contributed by atoms with van der Waals surface area (Å²) < 4.78 is 6.91. The molecule has 1 spiro atoms. The molecule has 6 nitrogen and oxygen atoms in total. The molecule has 0 aromatic carbocycles. The molecule has 0 N–H and O–H groups in total. The Hall–Kier alpha value is -1.11. The monoisotopic (exact) mass is 368 g/mol. The number of carbonyl (C=O) groups is 1. The second-order valence-electron chi connectivity index (χ2n) is 7.32. The molecule has 0 aliphatic carbocycles. The molecule has 1 aromatic rings. The normalized spacial score (nSPS) is 24.6. The van der Waals surface area contributed by atoms with Crippen LogP contribution in [0.25, 0.3) is 0 Å². The van der Waals surface area contributed by atoms with E-state index in [2.05, 4.69) is 16.9 Å². The number of hydrogen-bond donors (Lipinski definition) is 0. The summed E-state index contributed by atoms with van der Waals surface area (Å²) in [5.74, 6) is 0.311. The highest BCUT2D eigenvalue weighted by atomic mass is 35.5. The van der Waals surface area contributed by atoms with E-state index < -0.39 is 0 Å². The van der Waals surface area contributed by atoms with Gasteiger partial charge in [-0.1, -0.05) is 18.5 Å². The zero-order chi connectivity index (χ0) is 18.0. The number of methoxy groups -OCH3 is 1. The highest BCUT2D eigenvalue weighted by molar-refractivity contribution is 6.30. The predicted molar refractivity (Wildman–Crippen MR) is 97.6 cm³/mol. The number of halogens is 1. The fourth-order valence-corrected chi connectivity index (χ4v) is 4.51. The van der Waals surface area contributed by atoms with E-state index in [9.17, 15) is 4.79 Å². The van der Waals surface area contributed by atoms with Crippen molar-refractivity contribution in [3.63, 3.8) is 0 Å². The van der Waals surface area contributed by atoms with E-state index >= 15 is 0 Å². The third-order valence-corrected chi connectivity index (χ3v) is 6.16. The minimum Gasteiger partial charge on any atom is -0.383 e. The summed E-state index contributed by atoms with van der Waals surface area (Å²) in [5.41, 5.74) is 1.96. The average molecular weight is 369 g/mol. The van der Waals surface area contributed by atoms with Crippen molar-refractivity contribution in [2.24, 2.45) is 12.5 Å². The number of likely N-dealkylation sites (tertiary alicyclic amines) is 2. The molecule has 2 aliphatic heterocycles. The fraction of sp³-hybridized carbons (Fsp3) is 0.778. The van der Waals surface area contributed by atoms with Crippen LogP contribution in [0, 0.1) is 5.41 Å². The topological polar surface area (TPSA) is 50.6 Å². The van der Waals surface area contributed by atoms with Crippen molar-refractivity contribution < 1.29 is 9.53 Å². The van der Waals surface area contributed by atoms with Crippen molar-refractivity contribution in [1.82, 2.24) is 19.6 Å². The Kier molecular flexibility index (Phi) is 5.71. The molecule has 3 heterocycles. The van der Waals surface area contributed by atoms with Gasteiger partial charge in [0.25, 0.3) is 0 Å². The lowest BCUT2D eigenvalue weighted by Crippen LogP contribution is -2.50. The van der Waals surface area contributed by atoms with Crippen LogP contribution in [0.1, 0.15) is 37.4 Å². The first-order chi connectivity index (χ1) is 12.0. The van der Waals surface area contributed by atoms with Crippen molar-refractivity contribution in [2.45, 2.75) is 39.2 Å². The average Bonchev–Trinajstić information content (AvgIpc) is 3.13. The van der Waals surface area contributed by atoms with E-state index in [1.165, 1.54) is 0 Å². The maximum atomic E-state index is 13.0. The Morgan fingerprint density at radius 3 is 2.84 bits per heavy atom. The van der Waals surface area contributed by atoms with Gasteiger partial charge in [-0.2, -0.15) is 5.10 Å². The van der Waals surface area contributed by atoms with Crippen molar-refractivity contribution in [3.8, 4) is 0 Å². The highest BCUT2D eigenvalue weighted by Crippen LogP contribution is 2.41. The van der Waals surface area contributed by atoms with Gasteiger partial charge in [0, 0.05) is 45.9 Å². The molecular formula is C18H29ClN4O2. The molecule has 0 radical (unpaired) electrons. The molecule has 2 fully saturated rings. The molecule has 0 unspecified atom stereocenters. The van der Waals surface area contributed by atoms with Crippen LogP contribution in [0.2, 0.25) is 5.15 Å². The molecule has 3 rings (SSSR count). The van der Waals surface area contributed by atoms with E-state index in [1.807, 2.05) is 11.9 Å². The van der Waals surface area contributed by atoms with Crippen LogP contribution in [0.4, 0.5) is 0 Å². The second kappa shape index (κ2) is 7.64. The van der Waals surface area contributed by atoms with Crippen molar-refractivity contribution in [1.29, 1.82) is 0 Å². The van der Waals surface area contributed by atoms with E-state index in [1.54, 1.807) is 11.8 Å². The molecule has 1 aromatic heterocycles. The van der Waals surface area contributed by atoms with Crippen molar-refractivity contribution in [3.05, 3.63) is 16.4 Å². The number of piperidine rings is 1. The summed E-state index contributed by atoms with van der Waals surface area (Å²) in [6.45, 7) is 6.82. The SMILES string of the molecule is CCc1nn(C)c(Cl)c1CN1CC[C@@]2(CCCN(CCOC)C2=O)C1. The third-order valence-electron chi connectivity index (χ3n) is 5.69. The summed E-state index contributed by atoms with van der Waals surface area (Å²) in [6, 6.07) is 0. The van der Waals surface area contributed by atoms with Gasteiger partial charge < -0.3 is 9.64 Å². The molecule has 1 amide bonds. The van der Waals surface area contributed by atoms with E-state index in [0.29, 0.717) is 19.1 Å². The summed E-state index contributed by atoms with van der Waals surface area (Å²) in [4.78, 5) is 17.4. The molecule has 0 saturated carbocycles. The molecule has 2 saturated heterocycles. The minimum atomic E-state index is -0.215. The Morgan fingerprint density at radius 2 is 2.12 bits per heavy atom. The maximum Gasteiger partial charge on any atom is 0.230 e. The van der Waals surface area contributed by atoms with Gasteiger partial charge in [0.2, 0.25) is 5.91 Å². The number of amides is 1. The van der Waals surface area contributed by atoms with Gasteiger partial charge >= 0.3 is 0 Å². The van der Waals surface area contributed by atoms with Crippen LogP contribution in [0.5, 0.6) is 0 Å².